The van der Waals surface area contributed by atoms with Crippen LogP contribution in [-0.4, -0.2) is 72.7 Å². The molecule has 3 saturated heterocycles. The molecule has 8 heteroatoms. The Morgan fingerprint density at radius 2 is 1.57 bits per heavy atom. The topological polar surface area (TPSA) is 81.7 Å². The molecule has 0 spiro atoms. The molecule has 28 heavy (non-hydrogen) atoms. The Bertz CT molecular complexity index is 683. The Labute approximate surface area is 166 Å². The van der Waals surface area contributed by atoms with Crippen LogP contribution < -0.4 is 15.1 Å². The number of carbonyl (C=O) groups excluding carboxylic acids is 2. The highest BCUT2D eigenvalue weighted by atomic mass is 16.2. The van der Waals surface area contributed by atoms with Crippen molar-refractivity contribution in [3.05, 3.63) is 12.1 Å². The van der Waals surface area contributed by atoms with Crippen molar-refractivity contribution in [3.8, 4) is 0 Å². The van der Waals surface area contributed by atoms with Gasteiger partial charge in [0.1, 0.15) is 0 Å². The predicted molar refractivity (Wildman–Crippen MR) is 107 cm³/mol. The zero-order valence-corrected chi connectivity index (χ0v) is 16.6. The standard InChI is InChI=1S/C20H30N6O2/c1-15-6-8-24(9-7-15)17-3-4-18(23-22-17)25-10-12-26(13-11-25)20(28)16-2-5-19(27)21-14-16/h3-4,15-16H,2,5-14H2,1H3,(H,21,27). The molecule has 1 aromatic rings. The third-order valence-corrected chi connectivity index (χ3v) is 6.27. The van der Waals surface area contributed by atoms with E-state index in [1.54, 1.807) is 0 Å². The van der Waals surface area contributed by atoms with E-state index in [0.29, 0.717) is 32.5 Å². The second-order valence-corrected chi connectivity index (χ2v) is 8.27. The minimum Gasteiger partial charge on any atom is -0.355 e. The molecule has 0 aromatic carbocycles. The van der Waals surface area contributed by atoms with E-state index in [0.717, 1.165) is 43.7 Å². The molecule has 2 amide bonds. The van der Waals surface area contributed by atoms with Gasteiger partial charge in [-0.15, -0.1) is 10.2 Å². The fraction of sp³-hybridized carbons (Fsp3) is 0.700. The summed E-state index contributed by atoms with van der Waals surface area (Å²) in [6, 6.07) is 4.12. The highest BCUT2D eigenvalue weighted by Crippen LogP contribution is 2.23. The average Bonchev–Trinajstić information content (AvgIpc) is 2.75. The number of hydrogen-bond donors (Lipinski definition) is 1. The molecule has 3 aliphatic heterocycles. The number of piperazine rings is 1. The van der Waals surface area contributed by atoms with Gasteiger partial charge < -0.3 is 20.0 Å². The first-order valence-electron chi connectivity index (χ1n) is 10.5. The third-order valence-electron chi connectivity index (χ3n) is 6.27. The first-order chi connectivity index (χ1) is 13.6. The van der Waals surface area contributed by atoms with Gasteiger partial charge in [0.05, 0.1) is 5.92 Å². The second kappa shape index (κ2) is 8.32. The van der Waals surface area contributed by atoms with Crippen molar-refractivity contribution in [1.29, 1.82) is 0 Å². The summed E-state index contributed by atoms with van der Waals surface area (Å²) in [5, 5.41) is 11.7. The van der Waals surface area contributed by atoms with Gasteiger partial charge in [-0.3, -0.25) is 9.59 Å². The third kappa shape index (κ3) is 4.20. The van der Waals surface area contributed by atoms with Gasteiger partial charge >= 0.3 is 0 Å². The largest absolute Gasteiger partial charge is 0.355 e. The van der Waals surface area contributed by atoms with Crippen molar-refractivity contribution in [1.82, 2.24) is 20.4 Å². The van der Waals surface area contributed by atoms with Crippen LogP contribution in [0.25, 0.3) is 0 Å². The van der Waals surface area contributed by atoms with E-state index in [-0.39, 0.29) is 17.7 Å². The van der Waals surface area contributed by atoms with E-state index >= 15 is 0 Å². The van der Waals surface area contributed by atoms with Gasteiger partial charge in [0.2, 0.25) is 11.8 Å². The van der Waals surface area contributed by atoms with Crippen LogP contribution >= 0.6 is 0 Å². The normalized spacial score (nSPS) is 24.2. The fourth-order valence-electron chi connectivity index (χ4n) is 4.25. The average molecular weight is 387 g/mol. The summed E-state index contributed by atoms with van der Waals surface area (Å²) >= 11 is 0. The van der Waals surface area contributed by atoms with E-state index in [9.17, 15) is 9.59 Å². The first kappa shape index (κ1) is 19.0. The Kier molecular flexibility index (Phi) is 5.64. The lowest BCUT2D eigenvalue weighted by Crippen LogP contribution is -2.52. The number of nitrogens with zero attached hydrogens (tertiary/aromatic N) is 5. The molecule has 4 heterocycles. The van der Waals surface area contributed by atoms with Gasteiger partial charge in [0, 0.05) is 52.2 Å². The number of hydrogen-bond acceptors (Lipinski definition) is 6. The fourth-order valence-corrected chi connectivity index (χ4v) is 4.25. The van der Waals surface area contributed by atoms with Crippen LogP contribution in [0, 0.1) is 11.8 Å². The van der Waals surface area contributed by atoms with Crippen LogP contribution in [-0.2, 0) is 9.59 Å². The maximum Gasteiger partial charge on any atom is 0.227 e. The number of anilines is 2. The van der Waals surface area contributed by atoms with Crippen LogP contribution in [0.2, 0.25) is 0 Å². The number of piperidine rings is 2. The summed E-state index contributed by atoms with van der Waals surface area (Å²) in [5.74, 6) is 2.79. The molecule has 8 nitrogen and oxygen atoms in total. The van der Waals surface area contributed by atoms with E-state index in [2.05, 4.69) is 44.4 Å². The quantitative estimate of drug-likeness (QED) is 0.831. The van der Waals surface area contributed by atoms with E-state index < -0.39 is 0 Å². The Balaban J connectivity index is 1.29. The molecule has 152 valence electrons. The molecular weight excluding hydrogens is 356 g/mol. The molecule has 1 unspecified atom stereocenters. The van der Waals surface area contributed by atoms with E-state index in [1.165, 1.54) is 12.8 Å². The Morgan fingerprint density at radius 3 is 2.11 bits per heavy atom. The number of aromatic nitrogens is 2. The van der Waals surface area contributed by atoms with Crippen molar-refractivity contribution in [2.45, 2.75) is 32.6 Å². The molecule has 0 radical (unpaired) electrons. The van der Waals surface area contributed by atoms with Gasteiger partial charge in [0.15, 0.2) is 11.6 Å². The van der Waals surface area contributed by atoms with E-state index in [1.807, 2.05) is 4.90 Å². The zero-order chi connectivity index (χ0) is 19.5. The zero-order valence-electron chi connectivity index (χ0n) is 16.6. The van der Waals surface area contributed by atoms with Crippen LogP contribution in [0.15, 0.2) is 12.1 Å². The lowest BCUT2D eigenvalue weighted by molar-refractivity contribution is -0.137. The molecule has 1 atom stereocenters. The minimum atomic E-state index is -0.0735. The summed E-state index contributed by atoms with van der Waals surface area (Å²) < 4.78 is 0. The van der Waals surface area contributed by atoms with Crippen molar-refractivity contribution in [2.75, 3.05) is 55.6 Å². The summed E-state index contributed by atoms with van der Waals surface area (Å²) in [6.07, 6.45) is 3.54. The number of nitrogens with one attached hydrogen (secondary N) is 1. The van der Waals surface area contributed by atoms with Gasteiger partial charge in [-0.05, 0) is 37.3 Å². The maximum atomic E-state index is 12.7. The molecule has 3 aliphatic rings. The van der Waals surface area contributed by atoms with Crippen molar-refractivity contribution in [3.63, 3.8) is 0 Å². The molecule has 0 saturated carbocycles. The monoisotopic (exact) mass is 386 g/mol. The van der Waals surface area contributed by atoms with Crippen molar-refractivity contribution >= 4 is 23.5 Å². The lowest BCUT2D eigenvalue weighted by atomic mass is 9.97. The van der Waals surface area contributed by atoms with Crippen LogP contribution in [0.5, 0.6) is 0 Å². The summed E-state index contributed by atoms with van der Waals surface area (Å²) in [7, 11) is 0. The summed E-state index contributed by atoms with van der Waals surface area (Å²) in [6.45, 7) is 7.80. The Hall–Kier alpha value is -2.38. The first-order valence-corrected chi connectivity index (χ1v) is 10.5. The number of rotatable bonds is 3. The highest BCUT2D eigenvalue weighted by Gasteiger charge is 2.30. The molecule has 1 N–H and O–H groups in total. The van der Waals surface area contributed by atoms with Gasteiger partial charge in [-0.25, -0.2) is 0 Å². The number of carbonyl (C=O) groups is 2. The molecule has 3 fully saturated rings. The van der Waals surface area contributed by atoms with E-state index in [4.69, 9.17) is 0 Å². The molecule has 0 aliphatic carbocycles. The second-order valence-electron chi connectivity index (χ2n) is 8.27. The SMILES string of the molecule is CC1CCN(c2ccc(N3CCN(C(=O)C4CCC(=O)NC4)CC3)nn2)CC1. The predicted octanol–water partition coefficient (Wildman–Crippen LogP) is 0.888. The van der Waals surface area contributed by atoms with Gasteiger partial charge in [0.25, 0.3) is 0 Å². The van der Waals surface area contributed by atoms with Gasteiger partial charge in [-0.2, -0.15) is 0 Å². The van der Waals surface area contributed by atoms with Crippen LogP contribution in [0.3, 0.4) is 0 Å². The summed E-state index contributed by atoms with van der Waals surface area (Å²) in [5.41, 5.74) is 0. The number of amides is 2. The van der Waals surface area contributed by atoms with Crippen LogP contribution in [0.1, 0.15) is 32.6 Å². The lowest BCUT2D eigenvalue weighted by Gasteiger charge is -2.37. The summed E-state index contributed by atoms with van der Waals surface area (Å²) in [4.78, 5) is 30.4. The Morgan fingerprint density at radius 1 is 0.964 bits per heavy atom. The van der Waals surface area contributed by atoms with Crippen molar-refractivity contribution < 1.29 is 9.59 Å². The smallest absolute Gasteiger partial charge is 0.227 e. The van der Waals surface area contributed by atoms with Gasteiger partial charge in [-0.1, -0.05) is 6.92 Å². The minimum absolute atomic E-state index is 0.0509. The molecular formula is C20H30N6O2. The molecule has 1 aromatic heterocycles. The van der Waals surface area contributed by atoms with Crippen molar-refractivity contribution in [2.24, 2.45) is 11.8 Å². The molecule has 0 bridgehead atoms. The van der Waals surface area contributed by atoms with Crippen LogP contribution in [0.4, 0.5) is 11.6 Å². The maximum absolute atomic E-state index is 12.7. The highest BCUT2D eigenvalue weighted by molar-refractivity contribution is 5.84. The molecule has 4 rings (SSSR count).